The molecule has 5 nitrogen and oxygen atoms in total. The maximum absolute atomic E-state index is 5.61. The molecule has 0 amide bonds. The zero-order valence-corrected chi connectivity index (χ0v) is 18.2. The number of methoxy groups -OCH3 is 1. The number of hydrogen-bond donors (Lipinski definition) is 2. The summed E-state index contributed by atoms with van der Waals surface area (Å²) < 4.78 is 10.9. The zero-order valence-electron chi connectivity index (χ0n) is 15.1. The van der Waals surface area contributed by atoms with Crippen LogP contribution in [0.5, 0.6) is 11.5 Å². The van der Waals surface area contributed by atoms with Crippen LogP contribution in [-0.2, 0) is 0 Å². The Balaban J connectivity index is 0.00000529. The molecule has 0 radical (unpaired) electrons. The third kappa shape index (κ3) is 8.86. The molecule has 0 aliphatic carbocycles. The van der Waals surface area contributed by atoms with Gasteiger partial charge in [-0.15, -0.1) is 24.0 Å². The molecule has 1 rings (SSSR count). The van der Waals surface area contributed by atoms with Gasteiger partial charge in [-0.3, -0.25) is 4.99 Å². The molecule has 24 heavy (non-hydrogen) atoms. The summed E-state index contributed by atoms with van der Waals surface area (Å²) in [7, 11) is 1.64. The van der Waals surface area contributed by atoms with E-state index in [1.54, 1.807) is 7.11 Å². The third-order valence-electron chi connectivity index (χ3n) is 3.10. The van der Waals surface area contributed by atoms with Crippen molar-refractivity contribution < 1.29 is 9.47 Å². The SMILES string of the molecule is CCNC(=NCCCCSC)Nc1ccc(OC)c(OCC)c1.I. The molecule has 0 aromatic heterocycles. The van der Waals surface area contributed by atoms with E-state index in [0.29, 0.717) is 6.61 Å². The van der Waals surface area contributed by atoms with E-state index in [-0.39, 0.29) is 24.0 Å². The Hall–Kier alpha value is -0.830. The van der Waals surface area contributed by atoms with E-state index in [4.69, 9.17) is 9.47 Å². The van der Waals surface area contributed by atoms with Gasteiger partial charge in [0.1, 0.15) is 0 Å². The molecule has 0 saturated carbocycles. The molecule has 0 atom stereocenters. The number of nitrogens with zero attached hydrogens (tertiary/aromatic N) is 1. The monoisotopic (exact) mass is 467 g/mol. The molecule has 1 aromatic rings. The standard InChI is InChI=1S/C17H29N3O2S.HI/c1-5-18-17(19-11-7-8-12-23-4)20-14-9-10-15(21-3)16(13-14)22-6-2;/h9-10,13H,5-8,11-12H2,1-4H3,(H2,18,19,20);1H. The molecule has 1 aromatic carbocycles. The molecular formula is C17H30IN3O2S. The summed E-state index contributed by atoms with van der Waals surface area (Å²) >= 11 is 1.88. The quantitative estimate of drug-likeness (QED) is 0.234. The van der Waals surface area contributed by atoms with Gasteiger partial charge in [0, 0.05) is 24.8 Å². The first-order valence-corrected chi connectivity index (χ1v) is 9.49. The summed E-state index contributed by atoms with van der Waals surface area (Å²) in [5, 5.41) is 6.58. The summed E-state index contributed by atoms with van der Waals surface area (Å²) in [4.78, 5) is 4.61. The van der Waals surface area contributed by atoms with E-state index in [9.17, 15) is 0 Å². The lowest BCUT2D eigenvalue weighted by Gasteiger charge is -2.14. The molecule has 0 fully saturated rings. The van der Waals surface area contributed by atoms with Crippen LogP contribution in [0.25, 0.3) is 0 Å². The summed E-state index contributed by atoms with van der Waals surface area (Å²) in [5.74, 6) is 3.45. The predicted octanol–water partition coefficient (Wildman–Crippen LogP) is 4.23. The molecule has 0 aliphatic rings. The predicted molar refractivity (Wildman–Crippen MR) is 117 cm³/mol. The van der Waals surface area contributed by atoms with Gasteiger partial charge < -0.3 is 20.1 Å². The minimum Gasteiger partial charge on any atom is -0.493 e. The number of thioether (sulfide) groups is 1. The lowest BCUT2D eigenvalue weighted by atomic mass is 10.2. The minimum absolute atomic E-state index is 0. The van der Waals surface area contributed by atoms with Gasteiger partial charge in [-0.1, -0.05) is 0 Å². The largest absolute Gasteiger partial charge is 0.493 e. The second-order valence-electron chi connectivity index (χ2n) is 4.88. The number of benzene rings is 1. The lowest BCUT2D eigenvalue weighted by molar-refractivity contribution is 0.311. The highest BCUT2D eigenvalue weighted by atomic mass is 127. The van der Waals surface area contributed by atoms with Crippen LogP contribution < -0.4 is 20.1 Å². The average Bonchev–Trinajstić information content (AvgIpc) is 2.55. The van der Waals surface area contributed by atoms with E-state index < -0.39 is 0 Å². The minimum atomic E-state index is 0. The topological polar surface area (TPSA) is 54.9 Å². The molecule has 0 heterocycles. The fourth-order valence-corrected chi connectivity index (χ4v) is 2.51. The van der Waals surface area contributed by atoms with Gasteiger partial charge in [-0.2, -0.15) is 11.8 Å². The first-order valence-electron chi connectivity index (χ1n) is 8.10. The van der Waals surface area contributed by atoms with Crippen molar-refractivity contribution >= 4 is 47.4 Å². The molecule has 0 saturated heterocycles. The zero-order chi connectivity index (χ0) is 16.9. The molecule has 138 valence electrons. The van der Waals surface area contributed by atoms with Crippen molar-refractivity contribution in [3.8, 4) is 11.5 Å². The first-order chi connectivity index (χ1) is 11.2. The maximum Gasteiger partial charge on any atom is 0.195 e. The fraction of sp³-hybridized carbons (Fsp3) is 0.588. The number of ether oxygens (including phenoxy) is 2. The van der Waals surface area contributed by atoms with Crippen molar-refractivity contribution in [1.29, 1.82) is 0 Å². The number of anilines is 1. The Kier molecular flexibility index (Phi) is 14.0. The Morgan fingerprint density at radius 3 is 2.62 bits per heavy atom. The summed E-state index contributed by atoms with van der Waals surface area (Å²) in [6.45, 7) is 6.27. The summed E-state index contributed by atoms with van der Waals surface area (Å²) in [6, 6.07) is 5.79. The highest BCUT2D eigenvalue weighted by molar-refractivity contribution is 14.0. The smallest absolute Gasteiger partial charge is 0.195 e. The van der Waals surface area contributed by atoms with Crippen molar-refractivity contribution in [3.63, 3.8) is 0 Å². The van der Waals surface area contributed by atoms with Crippen molar-refractivity contribution in [2.75, 3.05) is 44.1 Å². The maximum atomic E-state index is 5.61. The Labute approximate surface area is 167 Å². The summed E-state index contributed by atoms with van der Waals surface area (Å²) in [5.41, 5.74) is 0.929. The van der Waals surface area contributed by atoms with Crippen LogP contribution in [0.4, 0.5) is 5.69 Å². The highest BCUT2D eigenvalue weighted by Crippen LogP contribution is 2.30. The average molecular weight is 467 g/mol. The fourth-order valence-electron chi connectivity index (χ4n) is 2.02. The van der Waals surface area contributed by atoms with Crippen LogP contribution >= 0.6 is 35.7 Å². The lowest BCUT2D eigenvalue weighted by Crippen LogP contribution is -2.30. The molecule has 0 spiro atoms. The molecule has 2 N–H and O–H groups in total. The number of unbranched alkanes of at least 4 members (excludes halogenated alkanes) is 1. The normalized spacial score (nSPS) is 10.8. The van der Waals surface area contributed by atoms with E-state index in [2.05, 4.69) is 28.8 Å². The Bertz CT molecular complexity index is 487. The van der Waals surface area contributed by atoms with E-state index >= 15 is 0 Å². The van der Waals surface area contributed by atoms with Gasteiger partial charge in [0.25, 0.3) is 0 Å². The van der Waals surface area contributed by atoms with Crippen LogP contribution in [0.15, 0.2) is 23.2 Å². The van der Waals surface area contributed by atoms with Crippen molar-refractivity contribution in [2.45, 2.75) is 26.7 Å². The van der Waals surface area contributed by atoms with Gasteiger partial charge in [-0.25, -0.2) is 0 Å². The van der Waals surface area contributed by atoms with Crippen molar-refractivity contribution in [2.24, 2.45) is 4.99 Å². The van der Waals surface area contributed by atoms with Crippen LogP contribution in [0.1, 0.15) is 26.7 Å². The molecule has 0 unspecified atom stereocenters. The number of nitrogens with one attached hydrogen (secondary N) is 2. The van der Waals surface area contributed by atoms with Crippen LogP contribution in [0.3, 0.4) is 0 Å². The van der Waals surface area contributed by atoms with Crippen LogP contribution in [-0.4, -0.2) is 44.8 Å². The number of rotatable bonds is 10. The molecule has 0 aliphatic heterocycles. The van der Waals surface area contributed by atoms with E-state index in [1.165, 1.54) is 12.2 Å². The molecule has 0 bridgehead atoms. The molecule has 7 heteroatoms. The van der Waals surface area contributed by atoms with Gasteiger partial charge in [0.05, 0.1) is 13.7 Å². The first kappa shape index (κ1) is 23.2. The van der Waals surface area contributed by atoms with Crippen molar-refractivity contribution in [3.05, 3.63) is 18.2 Å². The van der Waals surface area contributed by atoms with Gasteiger partial charge >= 0.3 is 0 Å². The Morgan fingerprint density at radius 1 is 1.21 bits per heavy atom. The third-order valence-corrected chi connectivity index (χ3v) is 3.79. The number of guanidine groups is 1. The van der Waals surface area contributed by atoms with E-state index in [0.717, 1.165) is 42.7 Å². The highest BCUT2D eigenvalue weighted by Gasteiger charge is 2.06. The second-order valence-corrected chi connectivity index (χ2v) is 5.87. The van der Waals surface area contributed by atoms with Gasteiger partial charge in [0.15, 0.2) is 17.5 Å². The number of hydrogen-bond acceptors (Lipinski definition) is 4. The van der Waals surface area contributed by atoms with Gasteiger partial charge in [-0.05, 0) is 50.8 Å². The van der Waals surface area contributed by atoms with Crippen molar-refractivity contribution in [1.82, 2.24) is 5.32 Å². The number of aliphatic imine (C=N–C) groups is 1. The second kappa shape index (κ2) is 14.5. The van der Waals surface area contributed by atoms with Crippen LogP contribution in [0.2, 0.25) is 0 Å². The Morgan fingerprint density at radius 2 is 2.00 bits per heavy atom. The summed E-state index contributed by atoms with van der Waals surface area (Å²) in [6.07, 6.45) is 4.43. The number of halogens is 1. The van der Waals surface area contributed by atoms with Crippen LogP contribution in [0, 0.1) is 0 Å². The van der Waals surface area contributed by atoms with E-state index in [1.807, 2.05) is 36.9 Å². The van der Waals surface area contributed by atoms with Gasteiger partial charge in [0.2, 0.25) is 0 Å². The molecular weight excluding hydrogens is 437 g/mol.